The number of ether oxygens (including phenoxy) is 2. The van der Waals surface area contributed by atoms with Crippen LogP contribution in [0.3, 0.4) is 0 Å². The van der Waals surface area contributed by atoms with Crippen molar-refractivity contribution in [2.45, 2.75) is 18.8 Å². The van der Waals surface area contributed by atoms with Gasteiger partial charge in [-0.2, -0.15) is 10.5 Å². The van der Waals surface area contributed by atoms with Crippen molar-refractivity contribution in [2.75, 3.05) is 14.2 Å². The zero-order valence-electron chi connectivity index (χ0n) is 11.5. The van der Waals surface area contributed by atoms with Crippen LogP contribution >= 0.6 is 0 Å². The van der Waals surface area contributed by atoms with Crippen molar-refractivity contribution in [3.05, 3.63) is 12.2 Å². The summed E-state index contributed by atoms with van der Waals surface area (Å²) < 4.78 is 11.0. The Kier molecular flexibility index (Phi) is 2.50. The Morgan fingerprint density at radius 3 is 2.25 bits per heavy atom. The quantitative estimate of drug-likeness (QED) is 0.496. The van der Waals surface area contributed by atoms with Gasteiger partial charge in [-0.1, -0.05) is 12.2 Å². The number of hydrogen-bond donors (Lipinski definition) is 2. The van der Waals surface area contributed by atoms with E-state index in [2.05, 4.69) is 17.1 Å². The number of hydrogen-bond acceptors (Lipinski definition) is 5. The number of methoxy groups -OCH3 is 2. The zero-order valence-corrected chi connectivity index (χ0v) is 11.5. The number of fused-ring (bicyclic) bond motifs is 1. The molecule has 1 aliphatic heterocycles. The Hall–Kier alpha value is -1.89. The lowest BCUT2D eigenvalue weighted by atomic mass is 9.45. The molecule has 4 aliphatic rings. The van der Waals surface area contributed by atoms with Crippen molar-refractivity contribution in [3.63, 3.8) is 0 Å². The maximum Gasteiger partial charge on any atom is 0.342 e. The fourth-order valence-electron chi connectivity index (χ4n) is 4.40. The van der Waals surface area contributed by atoms with Gasteiger partial charge in [-0.05, 0) is 12.8 Å². The molecule has 0 aromatic rings. The van der Waals surface area contributed by atoms with Crippen molar-refractivity contribution in [1.82, 2.24) is 0 Å². The molecule has 104 valence electrons. The highest BCUT2D eigenvalue weighted by Crippen LogP contribution is 2.64. The summed E-state index contributed by atoms with van der Waals surface area (Å²) in [6.07, 6.45) is 5.66. The highest BCUT2D eigenvalue weighted by atomic mass is 16.7. The van der Waals surface area contributed by atoms with Gasteiger partial charge < -0.3 is 9.47 Å². The second-order valence-electron chi connectivity index (χ2n) is 5.58. The predicted molar refractivity (Wildman–Crippen MR) is 68.4 cm³/mol. The second kappa shape index (κ2) is 3.82. The lowest BCUT2D eigenvalue weighted by molar-refractivity contribution is -0.693. The first-order chi connectivity index (χ1) is 9.58. The van der Waals surface area contributed by atoms with Crippen molar-refractivity contribution in [1.29, 1.82) is 10.5 Å². The minimum Gasteiger partial charge on any atom is -0.317 e. The van der Waals surface area contributed by atoms with Crippen LogP contribution < -0.4 is 10.7 Å². The fraction of sp³-hybridized carbons (Fsp3) is 0.643. The third-order valence-electron chi connectivity index (χ3n) is 5.27. The molecule has 0 aromatic heterocycles. The molecule has 0 aromatic carbocycles. The van der Waals surface area contributed by atoms with E-state index in [-0.39, 0.29) is 17.7 Å². The number of nitrogens with zero attached hydrogens (tertiary/aromatic N) is 2. The van der Waals surface area contributed by atoms with Gasteiger partial charge in [0.25, 0.3) is 5.84 Å². The molecule has 1 heterocycles. The van der Waals surface area contributed by atoms with E-state index in [1.807, 2.05) is 12.2 Å². The summed E-state index contributed by atoms with van der Waals surface area (Å²) in [5.41, 5.74) is 3.85. The third kappa shape index (κ3) is 0.985. The highest BCUT2D eigenvalue weighted by Gasteiger charge is 2.83. The van der Waals surface area contributed by atoms with Gasteiger partial charge in [0, 0.05) is 26.1 Å². The molecule has 4 unspecified atom stereocenters. The van der Waals surface area contributed by atoms with E-state index in [0.717, 1.165) is 12.8 Å². The van der Waals surface area contributed by atoms with Gasteiger partial charge in [-0.25, -0.2) is 4.99 Å². The molecule has 6 nitrogen and oxygen atoms in total. The zero-order chi connectivity index (χ0) is 14.6. The van der Waals surface area contributed by atoms with Gasteiger partial charge in [-0.3, -0.25) is 5.73 Å². The summed E-state index contributed by atoms with van der Waals surface area (Å²) in [6.45, 7) is 0. The van der Waals surface area contributed by atoms with Crippen LogP contribution in [0.4, 0.5) is 0 Å². The lowest BCUT2D eigenvalue weighted by Crippen LogP contribution is -2.90. The Labute approximate surface area is 117 Å². The monoisotopic (exact) mass is 273 g/mol. The third-order valence-corrected chi connectivity index (χ3v) is 5.27. The van der Waals surface area contributed by atoms with Gasteiger partial charge in [0.2, 0.25) is 0 Å². The Morgan fingerprint density at radius 1 is 1.20 bits per heavy atom. The SMILES string of the molecule is COC1(OC)[NH+]=C(N)C2(C#N)C3C=CC(CC3)C12C#N. The molecule has 1 saturated carbocycles. The standard InChI is InChI=1S/C14H16N4O2/c1-19-14(20-2)13(8-16)10-5-3-9(4-6-10)12(13,7-15)11(17)18-14/h3,5,9-10H,4,6H2,1-2H3,(H2,17,18)/p+1. The molecule has 2 bridgehead atoms. The molecule has 4 rings (SSSR count). The minimum atomic E-state index is -1.39. The fourth-order valence-corrected chi connectivity index (χ4v) is 4.40. The molecule has 0 amide bonds. The summed E-state index contributed by atoms with van der Waals surface area (Å²) >= 11 is 0. The Bertz CT molecular complexity index is 595. The van der Waals surface area contributed by atoms with Gasteiger partial charge in [0.1, 0.15) is 0 Å². The van der Waals surface area contributed by atoms with Gasteiger partial charge in [-0.15, -0.1) is 0 Å². The maximum atomic E-state index is 9.98. The molecule has 20 heavy (non-hydrogen) atoms. The van der Waals surface area contributed by atoms with Crippen LogP contribution in [0.2, 0.25) is 0 Å². The molecule has 3 aliphatic carbocycles. The summed E-state index contributed by atoms with van der Waals surface area (Å²) in [4.78, 5) is 2.96. The van der Waals surface area contributed by atoms with E-state index in [9.17, 15) is 10.5 Å². The number of nitriles is 2. The van der Waals surface area contributed by atoms with Crippen LogP contribution in [0.5, 0.6) is 0 Å². The van der Waals surface area contributed by atoms with Crippen LogP contribution in [-0.4, -0.2) is 26.0 Å². The predicted octanol–water partition coefficient (Wildman–Crippen LogP) is -1.000. The molecule has 0 saturated heterocycles. The van der Waals surface area contributed by atoms with Crippen LogP contribution in [-0.2, 0) is 9.47 Å². The first kappa shape index (κ1) is 13.1. The van der Waals surface area contributed by atoms with E-state index < -0.39 is 16.7 Å². The molecule has 4 atom stereocenters. The van der Waals surface area contributed by atoms with Crippen molar-refractivity contribution < 1.29 is 14.5 Å². The van der Waals surface area contributed by atoms with Crippen molar-refractivity contribution in [2.24, 2.45) is 28.4 Å². The first-order valence-electron chi connectivity index (χ1n) is 6.60. The number of nitrogens with one attached hydrogen (secondary N) is 1. The van der Waals surface area contributed by atoms with Crippen LogP contribution in [0, 0.1) is 45.3 Å². The van der Waals surface area contributed by atoms with Crippen LogP contribution in [0.1, 0.15) is 12.8 Å². The summed E-state index contributed by atoms with van der Waals surface area (Å²) in [6, 6.07) is 4.66. The summed E-state index contributed by atoms with van der Waals surface area (Å²) in [5.74, 6) is -1.36. The van der Waals surface area contributed by atoms with E-state index in [4.69, 9.17) is 15.2 Å². The summed E-state index contributed by atoms with van der Waals surface area (Å²) in [5, 5.41) is 19.9. The van der Waals surface area contributed by atoms with E-state index >= 15 is 0 Å². The topological polar surface area (TPSA) is 106 Å². The lowest BCUT2D eigenvalue weighted by Gasteiger charge is -2.52. The van der Waals surface area contributed by atoms with E-state index in [1.165, 1.54) is 14.2 Å². The Balaban J connectivity index is 2.37. The smallest absolute Gasteiger partial charge is 0.317 e. The normalized spacial score (nSPS) is 43.5. The molecule has 0 spiro atoms. The number of allylic oxidation sites excluding steroid dienone is 2. The number of nitrogens with two attached hydrogens (primary N) is 1. The Morgan fingerprint density at radius 2 is 1.80 bits per heavy atom. The van der Waals surface area contributed by atoms with Crippen LogP contribution in [0.25, 0.3) is 0 Å². The minimum absolute atomic E-state index is 0.100. The molecular weight excluding hydrogens is 256 g/mol. The largest absolute Gasteiger partial charge is 0.342 e. The van der Waals surface area contributed by atoms with E-state index in [0.29, 0.717) is 0 Å². The van der Waals surface area contributed by atoms with Crippen molar-refractivity contribution in [3.8, 4) is 12.1 Å². The number of rotatable bonds is 2. The first-order valence-corrected chi connectivity index (χ1v) is 6.60. The van der Waals surface area contributed by atoms with Crippen LogP contribution in [0.15, 0.2) is 12.2 Å². The second-order valence-corrected chi connectivity index (χ2v) is 5.58. The average Bonchev–Trinajstić information content (AvgIpc) is 2.76. The molecule has 3 N–H and O–H groups in total. The number of amidine groups is 1. The molecule has 6 heteroatoms. The van der Waals surface area contributed by atoms with E-state index in [1.54, 1.807) is 0 Å². The van der Waals surface area contributed by atoms with Crippen molar-refractivity contribution >= 4 is 5.84 Å². The molecular formula is C14H17N4O2+. The molecule has 0 radical (unpaired) electrons. The van der Waals surface area contributed by atoms with Gasteiger partial charge in [0.15, 0.2) is 10.8 Å². The molecule has 1 fully saturated rings. The van der Waals surface area contributed by atoms with Gasteiger partial charge in [0.05, 0.1) is 12.1 Å². The highest BCUT2D eigenvalue weighted by molar-refractivity contribution is 5.89. The summed E-state index contributed by atoms with van der Waals surface area (Å²) in [7, 11) is 2.92. The van der Waals surface area contributed by atoms with Gasteiger partial charge >= 0.3 is 5.91 Å². The maximum absolute atomic E-state index is 9.98. The average molecular weight is 273 g/mol.